The fourth-order valence-corrected chi connectivity index (χ4v) is 17.7. The number of ether oxygens (including phenoxy) is 1. The SMILES string of the molecule is CC(C)[Si]1(C(C)C)OC[C@H]2O[C@@H](n3cnc4c(N)ncnc43)[C@H](/C=C/c3ccccc3)[C@@H]2O[Si](C(C)C)(C(C)C)O1. The van der Waals surface area contributed by atoms with Crippen molar-refractivity contribution < 1.29 is 17.7 Å². The van der Waals surface area contributed by atoms with Crippen molar-refractivity contribution in [2.24, 2.45) is 5.92 Å². The van der Waals surface area contributed by atoms with Crippen molar-refractivity contribution in [3.8, 4) is 0 Å². The van der Waals surface area contributed by atoms with Gasteiger partial charge in [0.1, 0.15) is 24.2 Å². The Kier molecular flexibility index (Phi) is 8.57. The third-order valence-electron chi connectivity index (χ3n) is 8.69. The van der Waals surface area contributed by atoms with E-state index in [0.717, 1.165) is 5.56 Å². The van der Waals surface area contributed by atoms with E-state index in [-0.39, 0.29) is 40.3 Å². The molecule has 0 bridgehead atoms. The molecule has 1 aromatic carbocycles. The van der Waals surface area contributed by atoms with Crippen LogP contribution in [0.2, 0.25) is 22.2 Å². The van der Waals surface area contributed by atoms with Crippen molar-refractivity contribution in [1.29, 1.82) is 0 Å². The van der Waals surface area contributed by atoms with Crippen molar-refractivity contribution >= 4 is 40.2 Å². The molecule has 2 aliphatic heterocycles. The minimum absolute atomic E-state index is 0.155. The first-order valence-corrected chi connectivity index (χ1v) is 18.8. The van der Waals surface area contributed by atoms with Gasteiger partial charge in [-0.2, -0.15) is 0 Å². The second kappa shape index (κ2) is 11.7. The van der Waals surface area contributed by atoms with Gasteiger partial charge < -0.3 is 23.4 Å². The zero-order valence-electron chi connectivity index (χ0n) is 25.5. The van der Waals surface area contributed by atoms with E-state index in [9.17, 15) is 0 Å². The van der Waals surface area contributed by atoms with Gasteiger partial charge in [-0.1, -0.05) is 97.9 Å². The quantitative estimate of drug-likeness (QED) is 0.305. The normalized spacial score (nSPS) is 26.3. The number of imidazole rings is 1. The molecular weight excluding hydrogens is 551 g/mol. The highest BCUT2D eigenvalue weighted by Crippen LogP contribution is 2.50. The van der Waals surface area contributed by atoms with E-state index in [1.54, 1.807) is 6.33 Å². The summed E-state index contributed by atoms with van der Waals surface area (Å²) in [5.74, 6) is 0.190. The first-order chi connectivity index (χ1) is 19.5. The summed E-state index contributed by atoms with van der Waals surface area (Å²) < 4.78 is 30.8. The van der Waals surface area contributed by atoms with Crippen molar-refractivity contribution in [3.05, 3.63) is 54.6 Å². The summed E-state index contributed by atoms with van der Waals surface area (Å²) in [6, 6.07) is 10.3. The standard InChI is InChI=1S/C30H45N5O4Si2/c1-19(2)40(20(3)4)36-16-25-27(38-41(39-40,21(5)6)22(7)8)24(15-14-23-12-10-9-11-13-23)30(37-25)35-18-34-26-28(31)32-17-33-29(26)35/h9-15,17-22,24-25,27,30H,16H2,1-8H3,(H2,31,32,33)/b15-14+/t24-,25-,27+,30-/m1/s1. The number of fused-ring (bicyclic) bond motifs is 2. The lowest BCUT2D eigenvalue weighted by Gasteiger charge is -2.51. The molecule has 0 radical (unpaired) electrons. The predicted octanol–water partition coefficient (Wildman–Crippen LogP) is 6.59. The molecule has 0 saturated carbocycles. The van der Waals surface area contributed by atoms with Crippen LogP contribution in [-0.2, 0) is 17.7 Å². The summed E-state index contributed by atoms with van der Waals surface area (Å²) in [5.41, 5.74) is 9.41. The van der Waals surface area contributed by atoms with Crippen LogP contribution in [-0.4, -0.2) is 55.5 Å². The van der Waals surface area contributed by atoms with Crippen LogP contribution in [0.5, 0.6) is 0 Å². The molecule has 4 heterocycles. The summed E-state index contributed by atoms with van der Waals surface area (Å²) in [6.07, 6.45) is 6.57. The van der Waals surface area contributed by atoms with Crippen LogP contribution >= 0.6 is 0 Å². The Labute approximate surface area is 246 Å². The molecule has 2 aliphatic rings. The fourth-order valence-electron chi connectivity index (χ4n) is 6.48. The van der Waals surface area contributed by atoms with Crippen molar-refractivity contribution in [2.45, 2.75) is 96.0 Å². The molecule has 11 heteroatoms. The maximum atomic E-state index is 7.45. The summed E-state index contributed by atoms with van der Waals surface area (Å²) in [5, 5.41) is 0. The fraction of sp³-hybridized carbons (Fsp3) is 0.567. The van der Waals surface area contributed by atoms with E-state index in [2.05, 4.69) is 94.6 Å². The van der Waals surface area contributed by atoms with E-state index in [0.29, 0.717) is 23.6 Å². The molecule has 9 nitrogen and oxygen atoms in total. The number of hydrogen-bond acceptors (Lipinski definition) is 8. The number of nitrogen functional groups attached to an aromatic ring is 1. The molecule has 0 spiro atoms. The minimum atomic E-state index is -2.84. The second-order valence-electron chi connectivity index (χ2n) is 12.6. The average Bonchev–Trinajstić information content (AvgIpc) is 3.49. The van der Waals surface area contributed by atoms with Crippen molar-refractivity contribution in [3.63, 3.8) is 0 Å². The highest BCUT2D eigenvalue weighted by molar-refractivity contribution is 6.84. The van der Waals surface area contributed by atoms with Gasteiger partial charge in [-0.3, -0.25) is 4.57 Å². The largest absolute Gasteiger partial charge is 0.414 e. The van der Waals surface area contributed by atoms with Crippen LogP contribution < -0.4 is 5.73 Å². The van der Waals surface area contributed by atoms with Gasteiger partial charge in [0.2, 0.25) is 0 Å². The smallest absolute Gasteiger partial charge is 0.335 e. The molecular formula is C30H45N5O4Si2. The third-order valence-corrected chi connectivity index (χ3v) is 18.9. The lowest BCUT2D eigenvalue weighted by atomic mass is 9.98. The number of nitrogens with zero attached hydrogens (tertiary/aromatic N) is 4. The van der Waals surface area contributed by atoms with Gasteiger partial charge in [0, 0.05) is 0 Å². The highest BCUT2D eigenvalue weighted by atomic mass is 28.5. The maximum Gasteiger partial charge on any atom is 0.335 e. The number of nitrogens with two attached hydrogens (primary N) is 1. The Morgan fingerprint density at radius 3 is 2.20 bits per heavy atom. The van der Waals surface area contributed by atoms with Crippen molar-refractivity contribution in [2.75, 3.05) is 12.3 Å². The van der Waals surface area contributed by atoms with Gasteiger partial charge in [0.05, 0.1) is 25.0 Å². The topological polar surface area (TPSA) is 107 Å². The Balaban J connectivity index is 1.64. The molecule has 3 aromatic rings. The molecule has 222 valence electrons. The van der Waals surface area contributed by atoms with E-state index in [1.165, 1.54) is 6.33 Å². The number of rotatable bonds is 7. The predicted molar refractivity (Wildman–Crippen MR) is 166 cm³/mol. The first kappa shape index (κ1) is 30.1. The molecule has 0 amide bonds. The van der Waals surface area contributed by atoms with Crippen LogP contribution in [0.25, 0.3) is 17.2 Å². The molecule has 41 heavy (non-hydrogen) atoms. The maximum absolute atomic E-state index is 7.45. The molecule has 0 unspecified atom stereocenters. The van der Waals surface area contributed by atoms with Gasteiger partial charge in [0.25, 0.3) is 0 Å². The summed E-state index contributed by atoms with van der Waals surface area (Å²) >= 11 is 0. The van der Waals surface area contributed by atoms with Gasteiger partial charge in [-0.15, -0.1) is 0 Å². The van der Waals surface area contributed by atoms with E-state index in [1.807, 2.05) is 22.8 Å². The van der Waals surface area contributed by atoms with Gasteiger partial charge in [-0.25, -0.2) is 15.0 Å². The van der Waals surface area contributed by atoms with Crippen LogP contribution in [0.3, 0.4) is 0 Å². The lowest BCUT2D eigenvalue weighted by Crippen LogP contribution is -2.65. The monoisotopic (exact) mass is 595 g/mol. The molecule has 2 saturated heterocycles. The summed E-state index contributed by atoms with van der Waals surface area (Å²) in [4.78, 5) is 13.2. The number of hydrogen-bond donors (Lipinski definition) is 1. The molecule has 2 aromatic heterocycles. The molecule has 0 aliphatic carbocycles. The van der Waals surface area contributed by atoms with Crippen LogP contribution in [0, 0.1) is 5.92 Å². The zero-order valence-corrected chi connectivity index (χ0v) is 27.5. The average molecular weight is 596 g/mol. The molecule has 5 rings (SSSR count). The van der Waals surface area contributed by atoms with Crippen LogP contribution in [0.4, 0.5) is 5.82 Å². The molecule has 4 atom stereocenters. The van der Waals surface area contributed by atoms with Crippen molar-refractivity contribution in [1.82, 2.24) is 19.5 Å². The van der Waals surface area contributed by atoms with E-state index < -0.39 is 23.3 Å². The summed E-state index contributed by atoms with van der Waals surface area (Å²) in [7, 11) is -5.53. The minimum Gasteiger partial charge on any atom is -0.414 e. The Morgan fingerprint density at radius 1 is 0.902 bits per heavy atom. The highest BCUT2D eigenvalue weighted by Gasteiger charge is 2.61. The van der Waals surface area contributed by atoms with Crippen LogP contribution in [0.1, 0.15) is 67.2 Å². The molecule has 2 fully saturated rings. The number of aromatic nitrogens is 4. The number of benzene rings is 1. The van der Waals surface area contributed by atoms with E-state index in [4.69, 9.17) is 23.4 Å². The van der Waals surface area contributed by atoms with Gasteiger partial charge in [0.15, 0.2) is 11.5 Å². The van der Waals surface area contributed by atoms with Crippen LogP contribution in [0.15, 0.2) is 49.1 Å². The summed E-state index contributed by atoms with van der Waals surface area (Å²) in [6.45, 7) is 18.3. The van der Waals surface area contributed by atoms with Gasteiger partial charge >= 0.3 is 17.1 Å². The van der Waals surface area contributed by atoms with Gasteiger partial charge in [-0.05, 0) is 27.7 Å². The second-order valence-corrected chi connectivity index (χ2v) is 21.4. The Bertz CT molecular complexity index is 1350. The first-order valence-electron chi connectivity index (χ1n) is 14.8. The van der Waals surface area contributed by atoms with E-state index >= 15 is 0 Å². The zero-order chi connectivity index (χ0) is 29.5. The molecule has 2 N–H and O–H groups in total. The number of anilines is 1. The Hall–Kier alpha value is -2.42. The third kappa shape index (κ3) is 5.32. The lowest BCUT2D eigenvalue weighted by molar-refractivity contribution is -0.0547. The Morgan fingerprint density at radius 2 is 1.56 bits per heavy atom.